The van der Waals surface area contributed by atoms with E-state index in [4.69, 9.17) is 4.74 Å². The number of rotatable bonds is 7. The van der Waals surface area contributed by atoms with Crippen molar-refractivity contribution in [2.45, 2.75) is 58.0 Å². The van der Waals surface area contributed by atoms with Crippen LogP contribution in [0.25, 0.3) is 0 Å². The molecule has 1 aliphatic carbocycles. The van der Waals surface area contributed by atoms with E-state index in [1.165, 1.54) is 42.5 Å². The second-order valence-electron chi connectivity index (χ2n) is 13.4. The minimum absolute atomic E-state index is 0.0724. The molecule has 2 aliphatic rings. The van der Waals surface area contributed by atoms with Crippen LogP contribution in [-0.2, 0) is 6.42 Å². The quantitative estimate of drug-likeness (QED) is 0.0714. The zero-order valence-electron chi connectivity index (χ0n) is 28.1. The predicted molar refractivity (Wildman–Crippen MR) is 186 cm³/mol. The summed E-state index contributed by atoms with van der Waals surface area (Å²) in [6, 6.07) is 11.5. The van der Waals surface area contributed by atoms with Gasteiger partial charge in [0.2, 0.25) is 0 Å². The molecule has 1 aliphatic heterocycles. The monoisotopic (exact) mass is 694 g/mol. The van der Waals surface area contributed by atoms with Gasteiger partial charge in [0.1, 0.15) is 63.4 Å². The Bertz CT molecular complexity index is 2140. The van der Waals surface area contributed by atoms with Gasteiger partial charge in [-0.1, -0.05) is 29.4 Å². The molecule has 11 heteroatoms. The van der Waals surface area contributed by atoms with Gasteiger partial charge in [0, 0.05) is 52.6 Å². The van der Waals surface area contributed by atoms with E-state index in [2.05, 4.69) is 0 Å². The van der Waals surface area contributed by atoms with Crippen LogP contribution in [0.3, 0.4) is 0 Å². The fourth-order valence-corrected chi connectivity index (χ4v) is 7.27. The Hall–Kier alpha value is -6.10. The SMILES string of the molecule is CC(C)=CCc1c(O)ccc(C(=O)[C@@H]2[C@@H](c3ccc(O)cc3O)CC(C)=C[C@H]2c2c(O)ccc([C@@H]3CC(=O)c4c(O)cc(O)cc4O3)c2O)c1O. The van der Waals surface area contributed by atoms with Gasteiger partial charge in [-0.05, 0) is 69.5 Å². The smallest absolute Gasteiger partial charge is 0.174 e. The number of phenols is 8. The Balaban J connectivity index is 1.52. The highest BCUT2D eigenvalue weighted by Crippen LogP contribution is 2.54. The van der Waals surface area contributed by atoms with Crippen LogP contribution in [0.4, 0.5) is 0 Å². The summed E-state index contributed by atoms with van der Waals surface area (Å²) in [7, 11) is 0. The summed E-state index contributed by atoms with van der Waals surface area (Å²) in [5.74, 6) is -7.04. The van der Waals surface area contributed by atoms with Crippen molar-refractivity contribution in [2.75, 3.05) is 0 Å². The Morgan fingerprint density at radius 2 is 1.47 bits per heavy atom. The maximum atomic E-state index is 14.8. The maximum absolute atomic E-state index is 14.8. The molecule has 0 amide bonds. The summed E-state index contributed by atoms with van der Waals surface area (Å²) < 4.78 is 5.99. The molecule has 0 radical (unpaired) electrons. The number of ketones is 2. The maximum Gasteiger partial charge on any atom is 0.174 e. The predicted octanol–water partition coefficient (Wildman–Crippen LogP) is 7.26. The molecule has 0 unspecified atom stereocenters. The third-order valence-corrected chi connectivity index (χ3v) is 9.67. The van der Waals surface area contributed by atoms with Gasteiger partial charge in [-0.3, -0.25) is 9.59 Å². The van der Waals surface area contributed by atoms with Crippen LogP contribution >= 0.6 is 0 Å². The minimum Gasteiger partial charge on any atom is -0.508 e. The number of ether oxygens (including phenoxy) is 1. The number of carbonyl (C=O) groups is 2. The fourth-order valence-electron chi connectivity index (χ4n) is 7.27. The molecule has 8 N–H and O–H groups in total. The van der Waals surface area contributed by atoms with Crippen molar-refractivity contribution in [2.24, 2.45) is 5.92 Å². The van der Waals surface area contributed by atoms with Gasteiger partial charge >= 0.3 is 0 Å². The Kier molecular flexibility index (Phi) is 9.07. The molecular formula is C40H38O11. The first-order valence-corrected chi connectivity index (χ1v) is 16.4. The first kappa shape index (κ1) is 34.8. The number of fused-ring (bicyclic) bond motifs is 1. The van der Waals surface area contributed by atoms with Gasteiger partial charge in [0.15, 0.2) is 11.6 Å². The van der Waals surface area contributed by atoms with Gasteiger partial charge in [-0.2, -0.15) is 0 Å². The van der Waals surface area contributed by atoms with E-state index in [9.17, 15) is 50.4 Å². The first-order valence-electron chi connectivity index (χ1n) is 16.4. The Labute approximate surface area is 293 Å². The molecule has 0 bridgehead atoms. The van der Waals surface area contributed by atoms with Crippen molar-refractivity contribution in [3.05, 3.63) is 111 Å². The molecule has 4 aromatic carbocycles. The van der Waals surface area contributed by atoms with Crippen molar-refractivity contribution in [1.29, 1.82) is 0 Å². The zero-order valence-corrected chi connectivity index (χ0v) is 28.1. The van der Waals surface area contributed by atoms with Crippen LogP contribution in [-0.4, -0.2) is 52.4 Å². The number of carbonyl (C=O) groups excluding carboxylic acids is 2. The Morgan fingerprint density at radius 3 is 2.18 bits per heavy atom. The van der Waals surface area contributed by atoms with Gasteiger partial charge < -0.3 is 45.6 Å². The van der Waals surface area contributed by atoms with Crippen LogP contribution in [0.5, 0.6) is 51.7 Å². The average molecular weight is 695 g/mol. The number of aromatic hydroxyl groups is 8. The highest BCUT2D eigenvalue weighted by atomic mass is 16.5. The first-order chi connectivity index (χ1) is 24.2. The van der Waals surface area contributed by atoms with E-state index >= 15 is 0 Å². The van der Waals surface area contributed by atoms with Crippen molar-refractivity contribution in [3.63, 3.8) is 0 Å². The van der Waals surface area contributed by atoms with Crippen molar-refractivity contribution in [1.82, 2.24) is 0 Å². The minimum atomic E-state index is -1.17. The Morgan fingerprint density at radius 1 is 0.784 bits per heavy atom. The van der Waals surface area contributed by atoms with Gasteiger partial charge in [0.25, 0.3) is 0 Å². The number of phenolic OH excluding ortho intramolecular Hbond substituents is 8. The van der Waals surface area contributed by atoms with Crippen LogP contribution in [0, 0.1) is 5.92 Å². The molecule has 1 heterocycles. The fraction of sp³-hybridized carbons (Fsp3) is 0.250. The normalized spacial score (nSPS) is 19.8. The second-order valence-corrected chi connectivity index (χ2v) is 13.4. The molecule has 11 nitrogen and oxygen atoms in total. The molecule has 4 atom stereocenters. The van der Waals surface area contributed by atoms with E-state index in [-0.39, 0.29) is 81.6 Å². The van der Waals surface area contributed by atoms with E-state index in [1.807, 2.05) is 13.8 Å². The lowest BCUT2D eigenvalue weighted by Crippen LogP contribution is -2.32. The molecule has 51 heavy (non-hydrogen) atoms. The summed E-state index contributed by atoms with van der Waals surface area (Å²) in [5, 5.41) is 86.7. The highest BCUT2D eigenvalue weighted by molar-refractivity contribution is 6.03. The third kappa shape index (κ3) is 6.38. The molecule has 264 valence electrons. The third-order valence-electron chi connectivity index (χ3n) is 9.67. The molecule has 0 aromatic heterocycles. The number of allylic oxidation sites excluding steroid dienone is 4. The number of Topliss-reactive ketones (excluding diaryl/α,β-unsaturated/α-hetero) is 2. The number of hydrogen-bond donors (Lipinski definition) is 8. The summed E-state index contributed by atoms with van der Waals surface area (Å²) in [6.07, 6.45) is 2.49. The summed E-state index contributed by atoms with van der Waals surface area (Å²) in [6.45, 7) is 5.50. The average Bonchev–Trinajstić information content (AvgIpc) is 3.03. The molecule has 0 fully saturated rings. The van der Waals surface area contributed by atoms with E-state index in [1.54, 1.807) is 19.1 Å². The summed E-state index contributed by atoms with van der Waals surface area (Å²) >= 11 is 0. The van der Waals surface area contributed by atoms with Crippen molar-refractivity contribution >= 4 is 11.6 Å². The standard InChI is InChI=1S/C40H38O11/c1-18(2)4-6-23-28(43)10-9-25(38(23)48)40(50)35-26(22-7-5-20(41)14-30(22)45)12-19(3)13-27(35)36-29(44)11-8-24(39(36)49)33-17-32(47)37-31(46)15-21(42)16-34(37)51-33/h4-5,7-11,13-16,26-27,33,35,41-46,48-49H,6,12,17H2,1-3H3/t26-,27-,33+,35-/m1/s1. The van der Waals surface area contributed by atoms with Gasteiger partial charge in [0.05, 0.1) is 12.0 Å². The number of benzene rings is 4. The van der Waals surface area contributed by atoms with E-state index in [0.717, 1.165) is 23.3 Å². The molecule has 0 saturated heterocycles. The summed E-state index contributed by atoms with van der Waals surface area (Å²) in [5.41, 5.74) is 1.89. The lowest BCUT2D eigenvalue weighted by Gasteiger charge is -2.38. The topological polar surface area (TPSA) is 205 Å². The molecule has 0 saturated carbocycles. The second kappa shape index (κ2) is 13.3. The largest absolute Gasteiger partial charge is 0.508 e. The van der Waals surface area contributed by atoms with Crippen LogP contribution in [0.1, 0.15) is 94.5 Å². The van der Waals surface area contributed by atoms with Gasteiger partial charge in [-0.25, -0.2) is 0 Å². The zero-order chi connectivity index (χ0) is 36.9. The van der Waals surface area contributed by atoms with E-state index < -0.39 is 52.7 Å². The van der Waals surface area contributed by atoms with Crippen LogP contribution in [0.15, 0.2) is 77.9 Å². The lowest BCUT2D eigenvalue weighted by molar-refractivity contribution is 0.0841. The summed E-state index contributed by atoms with van der Waals surface area (Å²) in [4.78, 5) is 28.0. The molecular weight excluding hydrogens is 656 g/mol. The highest BCUT2D eigenvalue weighted by Gasteiger charge is 2.44. The van der Waals surface area contributed by atoms with E-state index in [0.29, 0.717) is 5.56 Å². The van der Waals surface area contributed by atoms with Gasteiger partial charge in [-0.15, -0.1) is 0 Å². The number of hydrogen-bond acceptors (Lipinski definition) is 11. The lowest BCUT2D eigenvalue weighted by atomic mass is 9.65. The van der Waals surface area contributed by atoms with Crippen LogP contribution < -0.4 is 4.74 Å². The van der Waals surface area contributed by atoms with Crippen molar-refractivity contribution < 1.29 is 55.2 Å². The van der Waals surface area contributed by atoms with Crippen molar-refractivity contribution in [3.8, 4) is 51.7 Å². The molecule has 6 rings (SSSR count). The molecule has 0 spiro atoms. The van der Waals surface area contributed by atoms with Crippen LogP contribution in [0.2, 0.25) is 0 Å². The molecule has 4 aromatic rings.